The van der Waals surface area contributed by atoms with Gasteiger partial charge in [0.15, 0.2) is 0 Å². The lowest BCUT2D eigenvalue weighted by Gasteiger charge is -2.23. The Morgan fingerprint density at radius 1 is 1.31 bits per heavy atom. The summed E-state index contributed by atoms with van der Waals surface area (Å²) >= 11 is 6.03. The third-order valence-corrected chi connectivity index (χ3v) is 2.65. The normalized spacial score (nSPS) is 13.8. The van der Waals surface area contributed by atoms with Gasteiger partial charge in [0, 0.05) is 23.5 Å². The van der Waals surface area contributed by atoms with E-state index in [4.69, 9.17) is 11.6 Å². The van der Waals surface area contributed by atoms with Crippen LogP contribution in [0.5, 0.6) is 0 Å². The first-order valence-corrected chi connectivity index (χ1v) is 5.93. The molecule has 0 saturated carbocycles. The zero-order valence-corrected chi connectivity index (χ0v) is 10.9. The van der Waals surface area contributed by atoms with Crippen LogP contribution in [0.15, 0.2) is 24.3 Å². The molecule has 0 radical (unpaired) electrons. The maximum Gasteiger partial charge on any atom is 0.0705 e. The van der Waals surface area contributed by atoms with Gasteiger partial charge >= 0.3 is 0 Å². The number of rotatable bonds is 4. The van der Waals surface area contributed by atoms with Gasteiger partial charge in [-0.25, -0.2) is 0 Å². The number of β-amino-alcohol motifs (C(OH)–C–C–N with tert-alkyl or cyclic N) is 1. The van der Waals surface area contributed by atoms with E-state index in [0.717, 1.165) is 10.6 Å². The molecule has 1 rings (SSSR count). The van der Waals surface area contributed by atoms with Gasteiger partial charge < -0.3 is 10.4 Å². The van der Waals surface area contributed by atoms with Crippen molar-refractivity contribution in [2.24, 2.45) is 0 Å². The lowest BCUT2D eigenvalue weighted by Crippen LogP contribution is -2.41. The highest BCUT2D eigenvalue weighted by Gasteiger charge is 2.13. The number of hydrogen-bond acceptors (Lipinski definition) is 2. The molecule has 2 N–H and O–H groups in total. The summed E-state index contributed by atoms with van der Waals surface area (Å²) in [4.78, 5) is 0. The molecule has 0 amide bonds. The lowest BCUT2D eigenvalue weighted by atomic mass is 10.1. The lowest BCUT2D eigenvalue weighted by molar-refractivity contribution is 0.161. The first-order chi connectivity index (χ1) is 7.38. The average Bonchev–Trinajstić information content (AvgIpc) is 2.18. The van der Waals surface area contributed by atoms with Crippen LogP contribution in [0.3, 0.4) is 0 Å². The van der Waals surface area contributed by atoms with E-state index in [0.29, 0.717) is 13.0 Å². The Labute approximate surface area is 103 Å². The van der Waals surface area contributed by atoms with E-state index in [-0.39, 0.29) is 5.54 Å². The first-order valence-electron chi connectivity index (χ1n) is 5.55. The zero-order valence-electron chi connectivity index (χ0n) is 10.1. The quantitative estimate of drug-likeness (QED) is 0.850. The Morgan fingerprint density at radius 3 is 2.50 bits per heavy atom. The highest BCUT2D eigenvalue weighted by Crippen LogP contribution is 2.16. The Morgan fingerprint density at radius 2 is 1.94 bits per heavy atom. The SMILES string of the molecule is CC(C)(C)NCC(O)Cc1ccccc1Cl. The van der Waals surface area contributed by atoms with Crippen LogP contribution >= 0.6 is 11.6 Å². The molecule has 1 atom stereocenters. The minimum Gasteiger partial charge on any atom is -0.391 e. The molecule has 16 heavy (non-hydrogen) atoms. The van der Waals surface area contributed by atoms with Gasteiger partial charge in [-0.05, 0) is 32.4 Å². The second kappa shape index (κ2) is 5.67. The summed E-state index contributed by atoms with van der Waals surface area (Å²) in [5, 5.41) is 13.9. The number of benzene rings is 1. The molecule has 0 heterocycles. The summed E-state index contributed by atoms with van der Waals surface area (Å²) in [6.07, 6.45) is 0.182. The van der Waals surface area contributed by atoms with Gasteiger partial charge in [0.25, 0.3) is 0 Å². The van der Waals surface area contributed by atoms with Crippen LogP contribution in [-0.2, 0) is 6.42 Å². The fraction of sp³-hybridized carbons (Fsp3) is 0.538. The topological polar surface area (TPSA) is 32.3 Å². The predicted molar refractivity (Wildman–Crippen MR) is 68.9 cm³/mol. The van der Waals surface area contributed by atoms with Gasteiger partial charge in [-0.2, -0.15) is 0 Å². The van der Waals surface area contributed by atoms with Crippen LogP contribution < -0.4 is 5.32 Å². The molecule has 1 unspecified atom stereocenters. The third kappa shape index (κ3) is 4.97. The Kier molecular flexibility index (Phi) is 4.78. The zero-order chi connectivity index (χ0) is 12.2. The third-order valence-electron chi connectivity index (χ3n) is 2.28. The molecule has 2 nitrogen and oxygen atoms in total. The molecule has 1 aromatic carbocycles. The number of halogens is 1. The minimum atomic E-state index is -0.404. The number of hydrogen-bond donors (Lipinski definition) is 2. The van der Waals surface area contributed by atoms with Crippen molar-refractivity contribution < 1.29 is 5.11 Å². The molecule has 0 aliphatic heterocycles. The van der Waals surface area contributed by atoms with Crippen molar-refractivity contribution in [1.82, 2.24) is 5.32 Å². The van der Waals surface area contributed by atoms with Gasteiger partial charge in [-0.15, -0.1) is 0 Å². The summed E-state index contributed by atoms with van der Waals surface area (Å²) in [7, 11) is 0. The molecule has 0 aromatic heterocycles. The second-order valence-corrected chi connectivity index (χ2v) is 5.49. The number of aliphatic hydroxyl groups is 1. The van der Waals surface area contributed by atoms with Crippen LogP contribution in [0.2, 0.25) is 5.02 Å². The second-order valence-electron chi connectivity index (χ2n) is 5.08. The van der Waals surface area contributed by atoms with Crippen molar-refractivity contribution in [3.05, 3.63) is 34.9 Å². The van der Waals surface area contributed by atoms with E-state index in [1.807, 2.05) is 24.3 Å². The van der Waals surface area contributed by atoms with E-state index >= 15 is 0 Å². The largest absolute Gasteiger partial charge is 0.391 e. The molecule has 0 spiro atoms. The highest BCUT2D eigenvalue weighted by atomic mass is 35.5. The standard InChI is InChI=1S/C13H20ClNO/c1-13(2,3)15-9-11(16)8-10-6-4-5-7-12(10)14/h4-7,11,15-16H,8-9H2,1-3H3. The van der Waals surface area contributed by atoms with Crippen molar-refractivity contribution >= 4 is 11.6 Å². The van der Waals surface area contributed by atoms with Crippen molar-refractivity contribution in [2.75, 3.05) is 6.54 Å². The van der Waals surface area contributed by atoms with E-state index < -0.39 is 6.10 Å². The maximum atomic E-state index is 9.87. The smallest absolute Gasteiger partial charge is 0.0705 e. The van der Waals surface area contributed by atoms with Gasteiger partial charge in [0.1, 0.15) is 0 Å². The van der Waals surface area contributed by atoms with E-state index in [1.165, 1.54) is 0 Å². The van der Waals surface area contributed by atoms with Crippen LogP contribution in [-0.4, -0.2) is 23.3 Å². The Balaban J connectivity index is 2.46. The van der Waals surface area contributed by atoms with Crippen LogP contribution in [0.1, 0.15) is 26.3 Å². The van der Waals surface area contributed by atoms with Crippen molar-refractivity contribution in [1.29, 1.82) is 0 Å². The fourth-order valence-corrected chi connectivity index (χ4v) is 1.63. The summed E-state index contributed by atoms with van der Waals surface area (Å²) in [5.74, 6) is 0. The Bertz CT molecular complexity index is 333. The summed E-state index contributed by atoms with van der Waals surface area (Å²) < 4.78 is 0. The molecule has 0 saturated heterocycles. The summed E-state index contributed by atoms with van der Waals surface area (Å²) in [6.45, 7) is 6.81. The molecule has 1 aromatic rings. The van der Waals surface area contributed by atoms with Gasteiger partial charge in [0.2, 0.25) is 0 Å². The minimum absolute atomic E-state index is 0.0292. The summed E-state index contributed by atoms with van der Waals surface area (Å²) in [5.41, 5.74) is 1.02. The molecule has 0 aliphatic rings. The molecule has 0 bridgehead atoms. The van der Waals surface area contributed by atoms with Crippen molar-refractivity contribution in [2.45, 2.75) is 38.8 Å². The monoisotopic (exact) mass is 241 g/mol. The molecule has 0 aliphatic carbocycles. The number of nitrogens with one attached hydrogen (secondary N) is 1. The molecule has 90 valence electrons. The maximum absolute atomic E-state index is 9.87. The Hall–Kier alpha value is -0.570. The average molecular weight is 242 g/mol. The summed E-state index contributed by atoms with van der Waals surface area (Å²) in [6, 6.07) is 7.63. The molecule has 3 heteroatoms. The fourth-order valence-electron chi connectivity index (χ4n) is 1.41. The van der Waals surface area contributed by atoms with Crippen molar-refractivity contribution in [3.8, 4) is 0 Å². The number of aliphatic hydroxyl groups excluding tert-OH is 1. The molecular formula is C13H20ClNO. The van der Waals surface area contributed by atoms with Crippen LogP contribution in [0.25, 0.3) is 0 Å². The van der Waals surface area contributed by atoms with Crippen molar-refractivity contribution in [3.63, 3.8) is 0 Å². The van der Waals surface area contributed by atoms with Gasteiger partial charge in [-0.3, -0.25) is 0 Å². The predicted octanol–water partition coefficient (Wildman–Crippen LogP) is 2.63. The highest BCUT2D eigenvalue weighted by molar-refractivity contribution is 6.31. The first kappa shape index (κ1) is 13.5. The van der Waals surface area contributed by atoms with E-state index in [1.54, 1.807) is 0 Å². The van der Waals surface area contributed by atoms with E-state index in [2.05, 4.69) is 26.1 Å². The van der Waals surface area contributed by atoms with E-state index in [9.17, 15) is 5.11 Å². The molecular weight excluding hydrogens is 222 g/mol. The molecule has 0 fully saturated rings. The van der Waals surface area contributed by atoms with Crippen LogP contribution in [0, 0.1) is 0 Å². The van der Waals surface area contributed by atoms with Crippen LogP contribution in [0.4, 0.5) is 0 Å². The van der Waals surface area contributed by atoms with Gasteiger partial charge in [-0.1, -0.05) is 29.8 Å². The van der Waals surface area contributed by atoms with Gasteiger partial charge in [0.05, 0.1) is 6.10 Å².